The Morgan fingerprint density at radius 1 is 1.35 bits per heavy atom. The van der Waals surface area contributed by atoms with Gasteiger partial charge >= 0.3 is 0 Å². The summed E-state index contributed by atoms with van der Waals surface area (Å²) >= 11 is 0. The molecule has 3 nitrogen and oxygen atoms in total. The number of ether oxygens (including phenoxy) is 1. The second kappa shape index (κ2) is 7.09. The molecule has 0 saturated heterocycles. The van der Waals surface area contributed by atoms with Crippen molar-refractivity contribution in [2.24, 2.45) is 0 Å². The monoisotopic (exact) mass is 258 g/mol. The summed E-state index contributed by atoms with van der Waals surface area (Å²) in [6, 6.07) is 0. The predicted molar refractivity (Wildman–Crippen MR) is 73.8 cm³/mol. The van der Waals surface area contributed by atoms with Crippen LogP contribution in [0.5, 0.6) is 0 Å². The largest absolute Gasteiger partial charge is 0.414 e. The minimum atomic E-state index is -1.76. The van der Waals surface area contributed by atoms with Crippen LogP contribution in [0.2, 0.25) is 18.1 Å². The quantitative estimate of drug-likeness (QED) is 0.381. The van der Waals surface area contributed by atoms with Crippen molar-refractivity contribution in [2.75, 3.05) is 13.2 Å². The van der Waals surface area contributed by atoms with Crippen molar-refractivity contribution >= 4 is 14.6 Å². The van der Waals surface area contributed by atoms with E-state index in [4.69, 9.17) is 9.16 Å². The van der Waals surface area contributed by atoms with Crippen LogP contribution in [0, 0.1) is 0 Å². The number of hydrogen-bond donors (Lipinski definition) is 0. The van der Waals surface area contributed by atoms with Gasteiger partial charge in [-0.2, -0.15) is 0 Å². The predicted octanol–water partition coefficient (Wildman–Crippen LogP) is 3.17. The zero-order valence-electron chi connectivity index (χ0n) is 11.8. The molecule has 0 aliphatic heterocycles. The van der Waals surface area contributed by atoms with Gasteiger partial charge in [0.05, 0.1) is 19.3 Å². The van der Waals surface area contributed by atoms with Crippen molar-refractivity contribution < 1.29 is 14.0 Å². The van der Waals surface area contributed by atoms with Gasteiger partial charge in [0, 0.05) is 6.42 Å². The minimum Gasteiger partial charge on any atom is -0.414 e. The Kier molecular flexibility index (Phi) is 6.90. The normalized spacial score (nSPS) is 14.4. The standard InChI is InChI=1S/C13H26O3Si/c1-7-10-15-12(8-9-14)11-16-17(5,6)13(2,3)4/h7,9,12H,1,8,10-11H2,2-6H3/t12-/m1/s1. The van der Waals surface area contributed by atoms with E-state index >= 15 is 0 Å². The van der Waals surface area contributed by atoms with E-state index in [1.165, 1.54) is 0 Å². The molecule has 0 saturated carbocycles. The summed E-state index contributed by atoms with van der Waals surface area (Å²) in [7, 11) is -1.76. The number of carbonyl (C=O) groups excluding carboxylic acids is 1. The van der Waals surface area contributed by atoms with Crippen LogP contribution in [0.25, 0.3) is 0 Å². The third-order valence-electron chi connectivity index (χ3n) is 3.25. The average Bonchev–Trinajstić information content (AvgIpc) is 2.20. The van der Waals surface area contributed by atoms with Crippen LogP contribution in [0.4, 0.5) is 0 Å². The molecule has 0 aliphatic carbocycles. The maximum Gasteiger partial charge on any atom is 0.192 e. The van der Waals surface area contributed by atoms with Gasteiger partial charge < -0.3 is 14.0 Å². The molecule has 0 rings (SSSR count). The Bertz CT molecular complexity index is 244. The van der Waals surface area contributed by atoms with E-state index in [9.17, 15) is 4.79 Å². The first kappa shape index (κ1) is 16.5. The average molecular weight is 258 g/mol. The number of rotatable bonds is 8. The molecule has 4 heteroatoms. The van der Waals surface area contributed by atoms with Crippen molar-refractivity contribution in [3.63, 3.8) is 0 Å². The molecule has 0 heterocycles. The smallest absolute Gasteiger partial charge is 0.192 e. The first-order chi connectivity index (χ1) is 7.74. The van der Waals surface area contributed by atoms with Gasteiger partial charge in [-0.3, -0.25) is 0 Å². The van der Waals surface area contributed by atoms with Crippen molar-refractivity contribution in [3.05, 3.63) is 12.7 Å². The zero-order chi connectivity index (χ0) is 13.5. The number of hydrogen-bond acceptors (Lipinski definition) is 3. The van der Waals surface area contributed by atoms with E-state index in [2.05, 4.69) is 40.4 Å². The van der Waals surface area contributed by atoms with Gasteiger partial charge in [-0.1, -0.05) is 26.8 Å². The molecule has 0 aromatic carbocycles. The Balaban J connectivity index is 4.28. The second-order valence-corrected chi connectivity index (χ2v) is 10.5. The Morgan fingerprint density at radius 3 is 2.35 bits per heavy atom. The zero-order valence-corrected chi connectivity index (χ0v) is 12.8. The fourth-order valence-corrected chi connectivity index (χ4v) is 2.05. The molecule has 0 amide bonds. The van der Waals surface area contributed by atoms with Gasteiger partial charge in [-0.25, -0.2) is 0 Å². The molecule has 1 atom stereocenters. The summed E-state index contributed by atoms with van der Waals surface area (Å²) in [4.78, 5) is 10.5. The molecule has 0 spiro atoms. The van der Waals surface area contributed by atoms with Crippen molar-refractivity contribution in [3.8, 4) is 0 Å². The minimum absolute atomic E-state index is 0.153. The van der Waals surface area contributed by atoms with Crippen LogP contribution < -0.4 is 0 Å². The first-order valence-corrected chi connectivity index (χ1v) is 8.95. The highest BCUT2D eigenvalue weighted by atomic mass is 28.4. The van der Waals surface area contributed by atoms with Crippen molar-refractivity contribution in [1.29, 1.82) is 0 Å². The molecular weight excluding hydrogens is 232 g/mol. The molecule has 0 N–H and O–H groups in total. The van der Waals surface area contributed by atoms with Crippen molar-refractivity contribution in [1.82, 2.24) is 0 Å². The topological polar surface area (TPSA) is 35.5 Å². The SMILES string of the molecule is C=CCO[C@H](CC=O)CO[Si](C)(C)C(C)(C)C. The Morgan fingerprint density at radius 2 is 1.94 bits per heavy atom. The van der Waals surface area contributed by atoms with Crippen molar-refractivity contribution in [2.45, 2.75) is 51.4 Å². The Labute approximate surface area is 106 Å². The lowest BCUT2D eigenvalue weighted by atomic mass is 10.2. The van der Waals surface area contributed by atoms with Crippen LogP contribution >= 0.6 is 0 Å². The van der Waals surface area contributed by atoms with E-state index in [1.807, 2.05) is 0 Å². The molecule has 0 aliphatic rings. The van der Waals surface area contributed by atoms with Gasteiger partial charge in [-0.05, 0) is 18.1 Å². The van der Waals surface area contributed by atoms with E-state index < -0.39 is 8.32 Å². The van der Waals surface area contributed by atoms with Crippen LogP contribution in [-0.4, -0.2) is 33.9 Å². The number of carbonyl (C=O) groups is 1. The maximum absolute atomic E-state index is 10.5. The molecule has 0 bridgehead atoms. The summed E-state index contributed by atoms with van der Waals surface area (Å²) in [5.41, 5.74) is 0. The van der Waals surface area contributed by atoms with Gasteiger partial charge in [0.25, 0.3) is 0 Å². The van der Waals surface area contributed by atoms with E-state index in [-0.39, 0.29) is 11.1 Å². The Hall–Kier alpha value is -0.453. The van der Waals surface area contributed by atoms with E-state index in [0.29, 0.717) is 19.6 Å². The van der Waals surface area contributed by atoms with Crippen LogP contribution in [0.1, 0.15) is 27.2 Å². The molecule has 100 valence electrons. The number of aldehydes is 1. The molecule has 0 aromatic heterocycles. The molecule has 0 unspecified atom stereocenters. The first-order valence-electron chi connectivity index (χ1n) is 6.04. The fraction of sp³-hybridized carbons (Fsp3) is 0.769. The summed E-state index contributed by atoms with van der Waals surface area (Å²) in [6.45, 7) is 15.5. The third-order valence-corrected chi connectivity index (χ3v) is 7.75. The molecular formula is C13H26O3Si. The lowest BCUT2D eigenvalue weighted by molar-refractivity contribution is -0.110. The highest BCUT2D eigenvalue weighted by molar-refractivity contribution is 6.74. The van der Waals surface area contributed by atoms with Gasteiger partial charge in [0.1, 0.15) is 6.29 Å². The summed E-state index contributed by atoms with van der Waals surface area (Å²) < 4.78 is 11.5. The summed E-state index contributed by atoms with van der Waals surface area (Å²) in [5, 5.41) is 0.178. The van der Waals surface area contributed by atoms with Crippen LogP contribution in [-0.2, 0) is 14.0 Å². The highest BCUT2D eigenvalue weighted by Crippen LogP contribution is 2.36. The van der Waals surface area contributed by atoms with Gasteiger partial charge in [0.15, 0.2) is 8.32 Å². The maximum atomic E-state index is 10.5. The molecule has 0 radical (unpaired) electrons. The lowest BCUT2D eigenvalue weighted by Gasteiger charge is -2.37. The molecule has 0 aromatic rings. The highest BCUT2D eigenvalue weighted by Gasteiger charge is 2.37. The second-order valence-electron chi connectivity index (χ2n) is 5.72. The summed E-state index contributed by atoms with van der Waals surface area (Å²) in [5.74, 6) is 0. The van der Waals surface area contributed by atoms with E-state index in [0.717, 1.165) is 6.29 Å². The van der Waals surface area contributed by atoms with Gasteiger partial charge in [0.2, 0.25) is 0 Å². The van der Waals surface area contributed by atoms with Crippen LogP contribution in [0.15, 0.2) is 12.7 Å². The lowest BCUT2D eigenvalue weighted by Crippen LogP contribution is -2.43. The summed E-state index contributed by atoms with van der Waals surface area (Å²) in [6.07, 6.45) is 2.79. The van der Waals surface area contributed by atoms with Crippen LogP contribution in [0.3, 0.4) is 0 Å². The third kappa shape index (κ3) is 6.15. The molecule has 17 heavy (non-hydrogen) atoms. The van der Waals surface area contributed by atoms with E-state index in [1.54, 1.807) is 6.08 Å². The molecule has 0 fully saturated rings. The van der Waals surface area contributed by atoms with Gasteiger partial charge in [-0.15, -0.1) is 6.58 Å². The fourth-order valence-electron chi connectivity index (χ4n) is 1.01.